The fourth-order valence-corrected chi connectivity index (χ4v) is 1.23. The molecule has 1 aromatic carbocycles. The van der Waals surface area contributed by atoms with Crippen LogP contribution in [0.1, 0.15) is 0 Å². The minimum atomic E-state index is -1.17. The molecule has 1 atom stereocenters. The molecule has 0 aromatic heterocycles. The van der Waals surface area contributed by atoms with Crippen LogP contribution >= 0.6 is 0 Å². The number of carboxylic acid groups (broad SMARTS) is 1. The van der Waals surface area contributed by atoms with Crippen LogP contribution in [-0.4, -0.2) is 23.8 Å². The first-order valence-electron chi connectivity index (χ1n) is 4.38. The molecule has 4 nitrogen and oxygen atoms in total. The first-order chi connectivity index (χ1) is 7.25. The van der Waals surface area contributed by atoms with Crippen molar-refractivity contribution in [1.82, 2.24) is 0 Å². The molecule has 1 aliphatic rings. The van der Waals surface area contributed by atoms with E-state index in [1.807, 2.05) is 18.1 Å². The van der Waals surface area contributed by atoms with Gasteiger partial charge in [-0.25, -0.2) is 4.79 Å². The van der Waals surface area contributed by atoms with Crippen LogP contribution in [0, 0.1) is 11.8 Å². The Labute approximate surface area is 86.4 Å². The normalized spacial score (nSPS) is 17.5. The predicted molar refractivity (Wildman–Crippen MR) is 51.8 cm³/mol. The molecule has 4 heteroatoms. The number of para-hydroxylation sites is 2. The molecule has 2 rings (SSSR count). The summed E-state index contributed by atoms with van der Waals surface area (Å²) >= 11 is 0. The summed E-state index contributed by atoms with van der Waals surface area (Å²) in [7, 11) is 0. The van der Waals surface area contributed by atoms with Gasteiger partial charge in [0.25, 0.3) is 0 Å². The lowest BCUT2D eigenvalue weighted by Gasteiger charge is -2.22. The molecule has 1 N–H and O–H groups in total. The van der Waals surface area contributed by atoms with Gasteiger partial charge in [-0.2, -0.15) is 0 Å². The van der Waals surface area contributed by atoms with Crippen molar-refractivity contribution in [3.8, 4) is 23.3 Å². The van der Waals surface area contributed by atoms with E-state index in [4.69, 9.17) is 14.6 Å². The maximum atomic E-state index is 10.2. The van der Waals surface area contributed by atoms with Crippen molar-refractivity contribution in [2.45, 2.75) is 6.10 Å². The van der Waals surface area contributed by atoms with E-state index in [9.17, 15) is 4.79 Å². The Morgan fingerprint density at radius 2 is 2.13 bits per heavy atom. The summed E-state index contributed by atoms with van der Waals surface area (Å²) in [5.74, 6) is 4.55. The second kappa shape index (κ2) is 3.93. The van der Waals surface area contributed by atoms with Crippen LogP contribution in [0.25, 0.3) is 0 Å². The van der Waals surface area contributed by atoms with E-state index < -0.39 is 12.1 Å². The standard InChI is InChI=1S/C11H8O4/c12-11(13)6-5-8-7-14-9-3-1-2-4-10(9)15-8/h1-4,8H,7H2,(H,12,13). The van der Waals surface area contributed by atoms with Gasteiger partial charge in [0, 0.05) is 5.92 Å². The van der Waals surface area contributed by atoms with Gasteiger partial charge in [-0.05, 0) is 18.1 Å². The van der Waals surface area contributed by atoms with E-state index in [0.717, 1.165) is 0 Å². The fourth-order valence-electron chi connectivity index (χ4n) is 1.23. The highest BCUT2D eigenvalue weighted by Gasteiger charge is 2.18. The third kappa shape index (κ3) is 2.20. The summed E-state index contributed by atoms with van der Waals surface area (Å²) < 4.78 is 10.8. The zero-order valence-corrected chi connectivity index (χ0v) is 7.77. The molecule has 1 aromatic rings. The Morgan fingerprint density at radius 3 is 2.87 bits per heavy atom. The van der Waals surface area contributed by atoms with Crippen LogP contribution < -0.4 is 9.47 Å². The maximum Gasteiger partial charge on any atom is 0.382 e. The van der Waals surface area contributed by atoms with Crippen molar-refractivity contribution in [3.05, 3.63) is 24.3 Å². The van der Waals surface area contributed by atoms with E-state index in [-0.39, 0.29) is 6.61 Å². The zero-order chi connectivity index (χ0) is 10.7. The van der Waals surface area contributed by atoms with Gasteiger partial charge in [0.15, 0.2) is 17.6 Å². The molecule has 0 saturated heterocycles. The Morgan fingerprint density at radius 1 is 1.40 bits per heavy atom. The number of fused-ring (bicyclic) bond motifs is 1. The smallest absolute Gasteiger partial charge is 0.382 e. The van der Waals surface area contributed by atoms with E-state index in [1.165, 1.54) is 0 Å². The summed E-state index contributed by atoms with van der Waals surface area (Å²) in [6.45, 7) is 0.247. The van der Waals surface area contributed by atoms with Crippen molar-refractivity contribution < 1.29 is 19.4 Å². The van der Waals surface area contributed by atoms with Gasteiger partial charge in [0.1, 0.15) is 6.61 Å². The second-order valence-corrected chi connectivity index (χ2v) is 2.94. The number of carboxylic acids is 1. The van der Waals surface area contributed by atoms with Crippen molar-refractivity contribution in [2.24, 2.45) is 0 Å². The summed E-state index contributed by atoms with van der Waals surface area (Å²) in [4.78, 5) is 10.2. The Kier molecular flexibility index (Phi) is 2.46. The van der Waals surface area contributed by atoms with Crippen molar-refractivity contribution in [3.63, 3.8) is 0 Å². The van der Waals surface area contributed by atoms with Gasteiger partial charge in [-0.1, -0.05) is 12.1 Å². The molecule has 1 heterocycles. The lowest BCUT2D eigenvalue weighted by atomic mass is 10.2. The molecular formula is C11H8O4. The highest BCUT2D eigenvalue weighted by molar-refractivity contribution is 5.86. The van der Waals surface area contributed by atoms with Crippen molar-refractivity contribution in [1.29, 1.82) is 0 Å². The monoisotopic (exact) mass is 204 g/mol. The maximum absolute atomic E-state index is 10.2. The number of carbonyl (C=O) groups is 1. The first kappa shape index (κ1) is 9.41. The summed E-state index contributed by atoms with van der Waals surface area (Å²) in [6, 6.07) is 7.20. The second-order valence-electron chi connectivity index (χ2n) is 2.94. The van der Waals surface area contributed by atoms with Crippen LogP contribution in [-0.2, 0) is 4.79 Å². The minimum Gasteiger partial charge on any atom is -0.485 e. The Bertz CT molecular complexity index is 441. The van der Waals surface area contributed by atoms with Crippen LogP contribution in [0.15, 0.2) is 24.3 Å². The lowest BCUT2D eigenvalue weighted by molar-refractivity contribution is -0.130. The van der Waals surface area contributed by atoms with E-state index in [0.29, 0.717) is 11.5 Å². The molecule has 0 bridgehead atoms. The number of ether oxygens (including phenoxy) is 2. The third-order valence-corrected chi connectivity index (χ3v) is 1.85. The van der Waals surface area contributed by atoms with E-state index >= 15 is 0 Å². The van der Waals surface area contributed by atoms with Crippen LogP contribution in [0.2, 0.25) is 0 Å². The number of benzene rings is 1. The van der Waals surface area contributed by atoms with Gasteiger partial charge < -0.3 is 14.6 Å². The molecule has 0 fully saturated rings. The predicted octanol–water partition coefficient (Wildman–Crippen LogP) is 0.914. The van der Waals surface area contributed by atoms with Gasteiger partial charge in [0.05, 0.1) is 0 Å². The largest absolute Gasteiger partial charge is 0.485 e. The minimum absolute atomic E-state index is 0.247. The SMILES string of the molecule is O=C(O)C#CC1COc2ccccc2O1. The number of rotatable bonds is 0. The molecular weight excluding hydrogens is 196 g/mol. The molecule has 0 radical (unpaired) electrons. The molecule has 0 aliphatic carbocycles. The number of aliphatic carboxylic acids is 1. The van der Waals surface area contributed by atoms with E-state index in [2.05, 4.69) is 5.92 Å². The number of hydrogen-bond acceptors (Lipinski definition) is 3. The van der Waals surface area contributed by atoms with Crippen molar-refractivity contribution >= 4 is 5.97 Å². The molecule has 0 saturated carbocycles. The van der Waals surface area contributed by atoms with Crippen LogP contribution in [0.3, 0.4) is 0 Å². The van der Waals surface area contributed by atoms with Gasteiger partial charge in [-0.3, -0.25) is 0 Å². The van der Waals surface area contributed by atoms with Gasteiger partial charge in [0.2, 0.25) is 0 Å². The first-order valence-corrected chi connectivity index (χ1v) is 4.38. The zero-order valence-electron chi connectivity index (χ0n) is 7.77. The summed E-state index contributed by atoms with van der Waals surface area (Å²) in [5.41, 5.74) is 0. The highest BCUT2D eigenvalue weighted by Crippen LogP contribution is 2.30. The van der Waals surface area contributed by atoms with E-state index in [1.54, 1.807) is 12.1 Å². The Hall–Kier alpha value is -2.15. The number of hydrogen-bond donors (Lipinski definition) is 1. The average molecular weight is 204 g/mol. The molecule has 15 heavy (non-hydrogen) atoms. The third-order valence-electron chi connectivity index (χ3n) is 1.85. The Balaban J connectivity index is 2.13. The summed E-state index contributed by atoms with van der Waals surface area (Å²) in [5, 5.41) is 8.37. The quantitative estimate of drug-likeness (QED) is 0.638. The van der Waals surface area contributed by atoms with Crippen molar-refractivity contribution in [2.75, 3.05) is 6.61 Å². The highest BCUT2D eigenvalue weighted by atomic mass is 16.6. The molecule has 76 valence electrons. The molecule has 0 spiro atoms. The molecule has 0 amide bonds. The molecule has 1 aliphatic heterocycles. The molecule has 1 unspecified atom stereocenters. The van der Waals surface area contributed by atoms with Gasteiger partial charge >= 0.3 is 5.97 Å². The van der Waals surface area contributed by atoms with Crippen LogP contribution in [0.4, 0.5) is 0 Å². The fraction of sp³-hybridized carbons (Fsp3) is 0.182. The lowest BCUT2D eigenvalue weighted by Crippen LogP contribution is -2.27. The topological polar surface area (TPSA) is 55.8 Å². The van der Waals surface area contributed by atoms with Crippen LogP contribution in [0.5, 0.6) is 11.5 Å². The van der Waals surface area contributed by atoms with Gasteiger partial charge in [-0.15, -0.1) is 0 Å². The average Bonchev–Trinajstić information content (AvgIpc) is 2.26. The summed E-state index contributed by atoms with van der Waals surface area (Å²) in [6.07, 6.45) is -0.518.